The molecule has 0 spiro atoms. The Bertz CT molecular complexity index is 1060. The first-order valence-corrected chi connectivity index (χ1v) is 9.76. The van der Waals surface area contributed by atoms with E-state index in [1.165, 1.54) is 7.11 Å². The number of fused-ring (bicyclic) bond motifs is 1. The van der Waals surface area contributed by atoms with Crippen LogP contribution in [0.4, 0.5) is 5.69 Å². The Labute approximate surface area is 178 Å². The van der Waals surface area contributed by atoms with Crippen LogP contribution in [0.3, 0.4) is 0 Å². The first kappa shape index (κ1) is 19.6. The fourth-order valence-electron chi connectivity index (χ4n) is 2.66. The topological polar surface area (TPSA) is 70.6 Å². The first-order chi connectivity index (χ1) is 12.9. The van der Waals surface area contributed by atoms with Gasteiger partial charge in [0.25, 0.3) is 5.91 Å². The number of phenols is 1. The molecule has 1 amide bonds. The Balaban J connectivity index is 1.83. The minimum absolute atomic E-state index is 0.133. The molecule has 0 atom stereocenters. The number of nitrogens with one attached hydrogen (secondary N) is 2. The van der Waals surface area contributed by atoms with E-state index in [-0.39, 0.29) is 10.9 Å². The van der Waals surface area contributed by atoms with Crippen LogP contribution < -0.4 is 15.4 Å². The second-order valence-corrected chi connectivity index (χ2v) is 7.73. The average Bonchev–Trinajstić information content (AvgIpc) is 2.62. The molecule has 0 aliphatic heterocycles. The SMILES string of the molecule is COc1c(Br)cc(Br)cc1C(=O)NC(=S)Nc1cccc2c(O)cccc12. The highest BCUT2D eigenvalue weighted by molar-refractivity contribution is 9.11. The van der Waals surface area contributed by atoms with Crippen molar-refractivity contribution in [3.05, 3.63) is 63.0 Å². The predicted molar refractivity (Wildman–Crippen MR) is 118 cm³/mol. The number of carbonyl (C=O) groups is 1. The Kier molecular flexibility index (Phi) is 5.98. The van der Waals surface area contributed by atoms with Gasteiger partial charge >= 0.3 is 0 Å². The maximum atomic E-state index is 12.6. The molecule has 0 saturated carbocycles. The zero-order chi connectivity index (χ0) is 19.6. The molecule has 138 valence electrons. The van der Waals surface area contributed by atoms with Crippen LogP contribution in [-0.4, -0.2) is 23.2 Å². The highest BCUT2D eigenvalue weighted by Crippen LogP contribution is 2.33. The summed E-state index contributed by atoms with van der Waals surface area (Å²) in [5.41, 5.74) is 1.01. The normalized spacial score (nSPS) is 10.5. The van der Waals surface area contributed by atoms with E-state index >= 15 is 0 Å². The molecular formula is C19H14Br2N2O3S. The van der Waals surface area contributed by atoms with Crippen LogP contribution in [0.1, 0.15) is 10.4 Å². The zero-order valence-electron chi connectivity index (χ0n) is 14.0. The number of anilines is 1. The van der Waals surface area contributed by atoms with Gasteiger partial charge in [-0.15, -0.1) is 0 Å². The lowest BCUT2D eigenvalue weighted by Gasteiger charge is -2.14. The number of ether oxygens (including phenoxy) is 1. The Hall–Kier alpha value is -2.16. The summed E-state index contributed by atoms with van der Waals surface area (Å²) in [6, 6.07) is 14.1. The van der Waals surface area contributed by atoms with E-state index in [0.29, 0.717) is 26.9 Å². The standard InChI is InChI=1S/C19H14Br2N2O3S/c1-26-17-13(8-10(20)9-14(17)21)18(25)23-19(27)22-15-6-2-5-12-11(15)4-3-7-16(12)24/h2-9,24H,1H3,(H2,22,23,25,27). The summed E-state index contributed by atoms with van der Waals surface area (Å²) in [6.45, 7) is 0. The highest BCUT2D eigenvalue weighted by Gasteiger charge is 2.17. The number of carbonyl (C=O) groups excluding carboxylic acids is 1. The fourth-order valence-corrected chi connectivity index (χ4v) is 4.25. The molecule has 3 N–H and O–H groups in total. The van der Waals surface area contributed by atoms with Crippen molar-refractivity contribution in [2.75, 3.05) is 12.4 Å². The van der Waals surface area contributed by atoms with Crippen LogP contribution >= 0.6 is 44.1 Å². The van der Waals surface area contributed by atoms with Crippen molar-refractivity contribution >= 4 is 71.6 Å². The van der Waals surface area contributed by atoms with Crippen molar-refractivity contribution in [2.24, 2.45) is 0 Å². The van der Waals surface area contributed by atoms with Gasteiger partial charge in [0.2, 0.25) is 0 Å². The van der Waals surface area contributed by atoms with Crippen LogP contribution in [0.2, 0.25) is 0 Å². The van der Waals surface area contributed by atoms with Crippen molar-refractivity contribution in [1.82, 2.24) is 5.32 Å². The fraction of sp³-hybridized carbons (Fsp3) is 0.0526. The van der Waals surface area contributed by atoms with Crippen LogP contribution in [-0.2, 0) is 0 Å². The molecule has 0 heterocycles. The van der Waals surface area contributed by atoms with Gasteiger partial charge in [0.05, 0.1) is 17.1 Å². The van der Waals surface area contributed by atoms with Crippen molar-refractivity contribution < 1.29 is 14.6 Å². The van der Waals surface area contributed by atoms with Crippen LogP contribution in [0.5, 0.6) is 11.5 Å². The van der Waals surface area contributed by atoms with Crippen LogP contribution in [0.15, 0.2) is 57.5 Å². The van der Waals surface area contributed by atoms with Gasteiger partial charge in [0, 0.05) is 20.9 Å². The van der Waals surface area contributed by atoms with Crippen LogP contribution in [0, 0.1) is 0 Å². The quantitative estimate of drug-likeness (QED) is 0.423. The van der Waals surface area contributed by atoms with Gasteiger partial charge in [0.15, 0.2) is 5.11 Å². The van der Waals surface area contributed by atoms with E-state index in [2.05, 4.69) is 42.5 Å². The molecule has 8 heteroatoms. The third-order valence-corrected chi connectivity index (χ3v) is 5.08. The number of methoxy groups -OCH3 is 1. The van der Waals surface area contributed by atoms with Gasteiger partial charge in [0.1, 0.15) is 11.5 Å². The second-order valence-electron chi connectivity index (χ2n) is 5.55. The van der Waals surface area contributed by atoms with E-state index in [4.69, 9.17) is 17.0 Å². The molecular weight excluding hydrogens is 496 g/mol. The number of rotatable bonds is 3. The molecule has 3 aromatic rings. The smallest absolute Gasteiger partial charge is 0.261 e. The minimum atomic E-state index is -0.408. The van der Waals surface area contributed by atoms with Gasteiger partial charge in [-0.3, -0.25) is 10.1 Å². The summed E-state index contributed by atoms with van der Waals surface area (Å²) in [5, 5.41) is 17.2. The third kappa shape index (κ3) is 4.23. The zero-order valence-corrected chi connectivity index (χ0v) is 18.0. The number of aromatic hydroxyl groups is 1. The van der Waals surface area contributed by atoms with Crippen molar-refractivity contribution in [3.63, 3.8) is 0 Å². The van der Waals surface area contributed by atoms with Gasteiger partial charge in [-0.1, -0.05) is 40.2 Å². The minimum Gasteiger partial charge on any atom is -0.507 e. The van der Waals surface area contributed by atoms with Gasteiger partial charge < -0.3 is 15.2 Å². The largest absolute Gasteiger partial charge is 0.507 e. The Morgan fingerprint density at radius 1 is 1.11 bits per heavy atom. The lowest BCUT2D eigenvalue weighted by atomic mass is 10.1. The number of halogens is 2. The monoisotopic (exact) mass is 508 g/mol. The summed E-state index contributed by atoms with van der Waals surface area (Å²) in [6.07, 6.45) is 0. The molecule has 0 radical (unpaired) electrons. The molecule has 5 nitrogen and oxygen atoms in total. The van der Waals surface area contributed by atoms with E-state index in [1.54, 1.807) is 36.4 Å². The van der Waals surface area contributed by atoms with Gasteiger partial charge in [-0.05, 0) is 52.4 Å². The summed E-state index contributed by atoms with van der Waals surface area (Å²) >= 11 is 12.0. The Morgan fingerprint density at radius 2 is 1.81 bits per heavy atom. The molecule has 0 aliphatic rings. The molecule has 0 bridgehead atoms. The number of amides is 1. The number of thiocarbonyl (C=S) groups is 1. The highest BCUT2D eigenvalue weighted by atomic mass is 79.9. The maximum Gasteiger partial charge on any atom is 0.261 e. The summed E-state index contributed by atoms with van der Waals surface area (Å²) < 4.78 is 6.67. The average molecular weight is 510 g/mol. The molecule has 0 fully saturated rings. The lowest BCUT2D eigenvalue weighted by Crippen LogP contribution is -2.34. The van der Waals surface area contributed by atoms with Crippen molar-refractivity contribution in [3.8, 4) is 11.5 Å². The molecule has 3 rings (SSSR count). The van der Waals surface area contributed by atoms with Crippen LogP contribution in [0.25, 0.3) is 10.8 Å². The lowest BCUT2D eigenvalue weighted by molar-refractivity contribution is 0.0974. The second kappa shape index (κ2) is 8.24. The van der Waals surface area contributed by atoms with Crippen molar-refractivity contribution in [1.29, 1.82) is 0 Å². The maximum absolute atomic E-state index is 12.6. The van der Waals surface area contributed by atoms with E-state index in [1.807, 2.05) is 12.1 Å². The number of hydrogen-bond acceptors (Lipinski definition) is 4. The predicted octanol–water partition coefficient (Wildman–Crippen LogP) is 5.21. The first-order valence-electron chi connectivity index (χ1n) is 7.76. The molecule has 0 unspecified atom stereocenters. The number of benzene rings is 3. The van der Waals surface area contributed by atoms with Gasteiger partial charge in [-0.25, -0.2) is 0 Å². The number of hydrogen-bond donors (Lipinski definition) is 3. The molecule has 3 aromatic carbocycles. The molecule has 0 aromatic heterocycles. The summed E-state index contributed by atoms with van der Waals surface area (Å²) in [4.78, 5) is 12.6. The molecule has 27 heavy (non-hydrogen) atoms. The number of phenolic OH excluding ortho intramolecular Hbond substituents is 1. The third-order valence-electron chi connectivity index (χ3n) is 3.83. The van der Waals surface area contributed by atoms with E-state index < -0.39 is 5.91 Å². The summed E-state index contributed by atoms with van der Waals surface area (Å²) in [5.74, 6) is 0.179. The molecule has 0 aliphatic carbocycles. The van der Waals surface area contributed by atoms with Gasteiger partial charge in [-0.2, -0.15) is 0 Å². The summed E-state index contributed by atoms with van der Waals surface area (Å²) in [7, 11) is 1.49. The van der Waals surface area contributed by atoms with Crippen molar-refractivity contribution in [2.45, 2.75) is 0 Å². The van der Waals surface area contributed by atoms with E-state index in [0.717, 1.165) is 9.86 Å². The Morgan fingerprint density at radius 3 is 2.56 bits per heavy atom. The molecule has 0 saturated heterocycles. The van der Waals surface area contributed by atoms with E-state index in [9.17, 15) is 9.90 Å².